The van der Waals surface area contributed by atoms with Crippen molar-refractivity contribution >= 4 is 16.8 Å². The van der Waals surface area contributed by atoms with Gasteiger partial charge >= 0.3 is 0 Å². The number of amides is 1. The third-order valence-electron chi connectivity index (χ3n) is 6.01. The number of rotatable bonds is 4. The molecule has 1 aliphatic rings. The fourth-order valence-electron chi connectivity index (χ4n) is 4.15. The Labute approximate surface area is 159 Å². The summed E-state index contributed by atoms with van der Waals surface area (Å²) in [6.45, 7) is 5.96. The predicted octanol–water partition coefficient (Wildman–Crippen LogP) is 3.78. The Hall–Kier alpha value is -2.69. The zero-order chi connectivity index (χ0) is 18.9. The van der Waals surface area contributed by atoms with Crippen molar-refractivity contribution in [2.75, 3.05) is 13.1 Å². The summed E-state index contributed by atoms with van der Waals surface area (Å²) in [6, 6.07) is 12.6. The molecule has 0 atom stereocenters. The van der Waals surface area contributed by atoms with Gasteiger partial charge in [0.05, 0.1) is 5.52 Å². The number of carbonyl (C=O) groups is 1. The van der Waals surface area contributed by atoms with Crippen molar-refractivity contribution in [1.29, 1.82) is 0 Å². The van der Waals surface area contributed by atoms with E-state index in [-0.39, 0.29) is 11.3 Å². The third kappa shape index (κ3) is 3.46. The topological polar surface area (TPSA) is 61.9 Å². The van der Waals surface area contributed by atoms with Crippen LogP contribution in [0.4, 0.5) is 0 Å². The van der Waals surface area contributed by atoms with Crippen molar-refractivity contribution in [3.8, 4) is 0 Å². The molecule has 2 aromatic heterocycles. The van der Waals surface area contributed by atoms with Gasteiger partial charge in [-0.3, -0.25) is 14.9 Å². The van der Waals surface area contributed by atoms with E-state index >= 15 is 0 Å². The quantitative estimate of drug-likeness (QED) is 0.768. The Morgan fingerprint density at radius 2 is 1.93 bits per heavy atom. The van der Waals surface area contributed by atoms with Crippen LogP contribution in [0.3, 0.4) is 0 Å². The van der Waals surface area contributed by atoms with E-state index in [1.807, 2.05) is 17.9 Å². The molecule has 0 spiro atoms. The Morgan fingerprint density at radius 3 is 2.67 bits per heavy atom. The second-order valence-electron chi connectivity index (χ2n) is 7.80. The molecule has 1 saturated heterocycles. The van der Waals surface area contributed by atoms with Crippen molar-refractivity contribution in [2.45, 2.75) is 44.9 Å². The second kappa shape index (κ2) is 7.14. The van der Waals surface area contributed by atoms with Crippen molar-refractivity contribution in [3.05, 3.63) is 59.5 Å². The zero-order valence-corrected chi connectivity index (χ0v) is 16.0. The summed E-state index contributed by atoms with van der Waals surface area (Å²) in [6.07, 6.45) is 4.98. The number of likely N-dealkylation sites (tertiary alicyclic amines) is 1. The van der Waals surface area contributed by atoms with E-state index in [1.54, 1.807) is 6.20 Å². The number of aryl methyl sites for hydroxylation is 2. The van der Waals surface area contributed by atoms with Crippen LogP contribution in [-0.2, 0) is 16.6 Å². The molecule has 1 aliphatic heterocycles. The van der Waals surface area contributed by atoms with Gasteiger partial charge in [-0.1, -0.05) is 37.3 Å². The fraction of sp³-hybridized carbons (Fsp3) is 0.409. The highest BCUT2D eigenvalue weighted by atomic mass is 16.2. The van der Waals surface area contributed by atoms with E-state index < -0.39 is 0 Å². The minimum atomic E-state index is 0.167. The number of aromatic amines is 1. The number of H-pyrrole nitrogens is 1. The van der Waals surface area contributed by atoms with Gasteiger partial charge in [-0.15, -0.1) is 0 Å². The van der Waals surface area contributed by atoms with Gasteiger partial charge in [-0.05, 0) is 43.2 Å². The van der Waals surface area contributed by atoms with Crippen LogP contribution in [0.15, 0.2) is 42.6 Å². The molecule has 0 unspecified atom stereocenters. The molecule has 1 aromatic carbocycles. The van der Waals surface area contributed by atoms with Crippen molar-refractivity contribution in [2.24, 2.45) is 0 Å². The molecule has 0 aliphatic carbocycles. The van der Waals surface area contributed by atoms with Crippen LogP contribution in [0.5, 0.6) is 0 Å². The molecule has 0 bridgehead atoms. The molecule has 1 N–H and O–H groups in total. The molecule has 3 aromatic rings. The number of hydrogen-bond acceptors (Lipinski definition) is 3. The first-order chi connectivity index (χ1) is 13.1. The van der Waals surface area contributed by atoms with Crippen LogP contribution in [0.25, 0.3) is 10.9 Å². The van der Waals surface area contributed by atoms with Gasteiger partial charge in [0.25, 0.3) is 0 Å². The van der Waals surface area contributed by atoms with Gasteiger partial charge in [0.15, 0.2) is 0 Å². The number of aromatic nitrogens is 3. The number of pyridine rings is 1. The average Bonchev–Trinajstić information content (AvgIpc) is 3.12. The molecule has 27 heavy (non-hydrogen) atoms. The number of fused-ring (bicyclic) bond motifs is 1. The van der Waals surface area contributed by atoms with E-state index in [9.17, 15) is 4.79 Å². The van der Waals surface area contributed by atoms with Gasteiger partial charge in [0.1, 0.15) is 0 Å². The van der Waals surface area contributed by atoms with E-state index in [4.69, 9.17) is 0 Å². The molecule has 1 fully saturated rings. The minimum absolute atomic E-state index is 0.167. The number of nitrogens with zero attached hydrogens (tertiary/aromatic N) is 3. The van der Waals surface area contributed by atoms with Gasteiger partial charge < -0.3 is 4.90 Å². The molecule has 0 radical (unpaired) electrons. The monoisotopic (exact) mass is 362 g/mol. The summed E-state index contributed by atoms with van der Waals surface area (Å²) in [4.78, 5) is 19.1. The normalized spacial score (nSPS) is 16.6. The zero-order valence-electron chi connectivity index (χ0n) is 16.0. The lowest BCUT2D eigenvalue weighted by molar-refractivity contribution is -0.132. The van der Waals surface area contributed by atoms with Crippen molar-refractivity contribution in [3.63, 3.8) is 0 Å². The summed E-state index contributed by atoms with van der Waals surface area (Å²) in [5, 5.41) is 8.48. The van der Waals surface area contributed by atoms with E-state index in [0.717, 1.165) is 48.2 Å². The minimum Gasteiger partial charge on any atom is -0.343 e. The summed E-state index contributed by atoms with van der Waals surface area (Å²) in [5.74, 6) is 0.231. The maximum Gasteiger partial charge on any atom is 0.222 e. The largest absolute Gasteiger partial charge is 0.343 e. The lowest BCUT2D eigenvalue weighted by Gasteiger charge is -2.40. The molecule has 4 rings (SSSR count). The van der Waals surface area contributed by atoms with E-state index in [0.29, 0.717) is 12.8 Å². The molecule has 3 heterocycles. The Kier molecular flexibility index (Phi) is 4.68. The molecule has 5 nitrogen and oxygen atoms in total. The fourth-order valence-corrected chi connectivity index (χ4v) is 4.15. The Bertz CT molecular complexity index is 939. The molecule has 0 saturated carbocycles. The smallest absolute Gasteiger partial charge is 0.222 e. The highest BCUT2D eigenvalue weighted by Gasteiger charge is 2.33. The summed E-state index contributed by atoms with van der Waals surface area (Å²) >= 11 is 0. The highest BCUT2D eigenvalue weighted by molar-refractivity contribution is 5.84. The molecule has 1 amide bonds. The predicted molar refractivity (Wildman–Crippen MR) is 107 cm³/mol. The number of hydrogen-bond donors (Lipinski definition) is 1. The molecule has 140 valence electrons. The van der Waals surface area contributed by atoms with Gasteiger partial charge in [0.2, 0.25) is 5.91 Å². The summed E-state index contributed by atoms with van der Waals surface area (Å²) in [7, 11) is 0. The second-order valence-corrected chi connectivity index (χ2v) is 7.80. The average molecular weight is 362 g/mol. The maximum atomic E-state index is 12.7. The van der Waals surface area contributed by atoms with Crippen LogP contribution in [-0.4, -0.2) is 39.1 Å². The highest BCUT2D eigenvalue weighted by Crippen LogP contribution is 2.35. The van der Waals surface area contributed by atoms with E-state index in [2.05, 4.69) is 52.4 Å². The first kappa shape index (κ1) is 17.7. The molecule has 5 heteroatoms. The van der Waals surface area contributed by atoms with Crippen LogP contribution in [0.1, 0.15) is 43.1 Å². The van der Waals surface area contributed by atoms with Gasteiger partial charge in [-0.25, -0.2) is 0 Å². The van der Waals surface area contributed by atoms with Crippen LogP contribution in [0, 0.1) is 6.92 Å². The first-order valence-corrected chi connectivity index (χ1v) is 9.69. The molecular weight excluding hydrogens is 336 g/mol. The van der Waals surface area contributed by atoms with Crippen molar-refractivity contribution < 1.29 is 4.79 Å². The van der Waals surface area contributed by atoms with Crippen LogP contribution in [0.2, 0.25) is 0 Å². The number of benzene rings is 1. The SMILES string of the molecule is Cc1nccc2n[nH]c(CCC(=O)N3CCC(C)(c4ccccc4)CC3)c12. The number of piperidine rings is 1. The van der Waals surface area contributed by atoms with E-state index in [1.165, 1.54) is 5.56 Å². The van der Waals surface area contributed by atoms with Gasteiger partial charge in [0, 0.05) is 42.5 Å². The lowest BCUT2D eigenvalue weighted by Crippen LogP contribution is -2.44. The lowest BCUT2D eigenvalue weighted by atomic mass is 9.74. The Balaban J connectivity index is 1.37. The number of carbonyl (C=O) groups excluding carboxylic acids is 1. The first-order valence-electron chi connectivity index (χ1n) is 9.69. The van der Waals surface area contributed by atoms with Crippen LogP contribution < -0.4 is 0 Å². The Morgan fingerprint density at radius 1 is 1.19 bits per heavy atom. The third-order valence-corrected chi connectivity index (χ3v) is 6.01. The van der Waals surface area contributed by atoms with Crippen molar-refractivity contribution in [1.82, 2.24) is 20.1 Å². The van der Waals surface area contributed by atoms with Gasteiger partial charge in [-0.2, -0.15) is 5.10 Å². The summed E-state index contributed by atoms with van der Waals surface area (Å²) in [5.41, 5.74) is 4.43. The van der Waals surface area contributed by atoms with Crippen LogP contribution >= 0.6 is 0 Å². The molecular formula is C22H26N4O. The number of nitrogens with one attached hydrogen (secondary N) is 1. The maximum absolute atomic E-state index is 12.7. The summed E-state index contributed by atoms with van der Waals surface area (Å²) < 4.78 is 0. The standard InChI is InChI=1S/C22H26N4O/c1-16-21-18(24-25-19(21)10-13-23-16)8-9-20(27)26-14-11-22(2,12-15-26)17-6-4-3-5-7-17/h3-7,10,13H,8-9,11-12,14-15H2,1-2H3,(H,24,25).